The molecule has 2 aromatic rings. The molecule has 1 aliphatic carbocycles. The van der Waals surface area contributed by atoms with Gasteiger partial charge in [-0.3, -0.25) is 9.59 Å². The fourth-order valence-corrected chi connectivity index (χ4v) is 3.09. The molecule has 6 nitrogen and oxygen atoms in total. The highest BCUT2D eigenvalue weighted by atomic mass is 16.4. The maximum absolute atomic E-state index is 12.2. The lowest BCUT2D eigenvalue weighted by molar-refractivity contribution is -0.140. The van der Waals surface area contributed by atoms with Gasteiger partial charge in [-0.25, -0.2) is 9.97 Å². The van der Waals surface area contributed by atoms with Gasteiger partial charge in [0, 0.05) is 18.0 Å². The molecule has 24 heavy (non-hydrogen) atoms. The monoisotopic (exact) mass is 325 g/mol. The van der Waals surface area contributed by atoms with E-state index in [1.165, 1.54) is 0 Å². The smallest absolute Gasteiger partial charge is 0.307 e. The molecule has 0 spiro atoms. The number of hydrogen-bond donors (Lipinski definition) is 2. The molecule has 1 fully saturated rings. The second-order valence-corrected chi connectivity index (χ2v) is 6.59. The molecule has 1 saturated carbocycles. The summed E-state index contributed by atoms with van der Waals surface area (Å²) in [5, 5.41) is 11.9. The zero-order valence-electron chi connectivity index (χ0n) is 13.6. The largest absolute Gasteiger partial charge is 0.481 e. The molecule has 0 saturated heterocycles. The number of carbonyl (C=O) groups is 2. The van der Waals surface area contributed by atoms with Crippen LogP contribution in [0.5, 0.6) is 0 Å². The topological polar surface area (TPSA) is 92.2 Å². The van der Waals surface area contributed by atoms with Gasteiger partial charge in [-0.05, 0) is 11.0 Å². The van der Waals surface area contributed by atoms with Crippen molar-refractivity contribution in [1.82, 2.24) is 15.3 Å². The van der Waals surface area contributed by atoms with E-state index in [-0.39, 0.29) is 12.5 Å². The number of benzene rings is 1. The first-order chi connectivity index (χ1) is 11.4. The Morgan fingerprint density at radius 2 is 1.71 bits per heavy atom. The third-order valence-corrected chi connectivity index (χ3v) is 4.61. The van der Waals surface area contributed by atoms with Crippen LogP contribution in [0.2, 0.25) is 0 Å². The quantitative estimate of drug-likeness (QED) is 0.878. The Bertz CT molecular complexity index is 757. The average Bonchev–Trinajstić information content (AvgIpc) is 3.17. The molecule has 0 bridgehead atoms. The van der Waals surface area contributed by atoms with Gasteiger partial charge >= 0.3 is 5.97 Å². The molecule has 0 aliphatic heterocycles. The number of hydrogen-bond acceptors (Lipinski definition) is 4. The Hall–Kier alpha value is -2.76. The number of rotatable bonds is 5. The summed E-state index contributed by atoms with van der Waals surface area (Å²) in [5.74, 6) is -1.82. The van der Waals surface area contributed by atoms with Crippen LogP contribution >= 0.6 is 0 Å². The van der Waals surface area contributed by atoms with Crippen LogP contribution in [0.15, 0.2) is 42.7 Å². The summed E-state index contributed by atoms with van der Waals surface area (Å²) in [5.41, 5.74) is 1.42. The maximum atomic E-state index is 12.2. The summed E-state index contributed by atoms with van der Waals surface area (Å²) in [6.45, 7) is 3.77. The molecule has 0 radical (unpaired) electrons. The highest BCUT2D eigenvalue weighted by Crippen LogP contribution is 2.58. The highest BCUT2D eigenvalue weighted by molar-refractivity contribution is 5.91. The first kappa shape index (κ1) is 16.1. The zero-order chi connectivity index (χ0) is 17.3. The lowest BCUT2D eigenvalue weighted by atomic mass is 10.1. The van der Waals surface area contributed by atoms with Crippen LogP contribution in [-0.4, -0.2) is 27.0 Å². The Morgan fingerprint density at radius 1 is 1.08 bits per heavy atom. The first-order valence-electron chi connectivity index (χ1n) is 7.78. The van der Waals surface area contributed by atoms with Crippen LogP contribution < -0.4 is 5.32 Å². The number of aliphatic carboxylic acids is 1. The average molecular weight is 325 g/mol. The van der Waals surface area contributed by atoms with E-state index < -0.39 is 23.2 Å². The van der Waals surface area contributed by atoms with E-state index in [4.69, 9.17) is 5.11 Å². The van der Waals surface area contributed by atoms with E-state index >= 15 is 0 Å². The summed E-state index contributed by atoms with van der Waals surface area (Å²) in [6.07, 6.45) is 3.43. The molecule has 3 rings (SSSR count). The van der Waals surface area contributed by atoms with Gasteiger partial charge in [0.1, 0.15) is 5.82 Å². The van der Waals surface area contributed by atoms with E-state index in [0.717, 1.165) is 11.1 Å². The second kappa shape index (κ2) is 6.03. The van der Waals surface area contributed by atoms with Crippen molar-refractivity contribution in [2.24, 2.45) is 17.3 Å². The summed E-state index contributed by atoms with van der Waals surface area (Å²) in [7, 11) is 0. The number of nitrogens with zero attached hydrogens (tertiary/aromatic N) is 2. The number of carbonyl (C=O) groups excluding carboxylic acids is 1. The predicted molar refractivity (Wildman–Crippen MR) is 87.7 cm³/mol. The molecule has 1 heterocycles. The van der Waals surface area contributed by atoms with Crippen LogP contribution in [0.3, 0.4) is 0 Å². The normalized spacial score (nSPS) is 21.1. The third kappa shape index (κ3) is 2.99. The molecule has 1 aromatic heterocycles. The Kier molecular flexibility index (Phi) is 4.05. The second-order valence-electron chi connectivity index (χ2n) is 6.59. The van der Waals surface area contributed by atoms with Gasteiger partial charge in [-0.1, -0.05) is 44.2 Å². The Balaban J connectivity index is 1.60. The molecular formula is C18H19N3O3. The number of amides is 1. The van der Waals surface area contributed by atoms with E-state index in [1.807, 2.05) is 30.3 Å². The minimum Gasteiger partial charge on any atom is -0.481 e. The molecule has 0 unspecified atom stereocenters. The van der Waals surface area contributed by atoms with Gasteiger partial charge in [-0.15, -0.1) is 0 Å². The Labute approximate surface area is 140 Å². The molecule has 1 amide bonds. The third-order valence-electron chi connectivity index (χ3n) is 4.61. The van der Waals surface area contributed by atoms with Gasteiger partial charge < -0.3 is 10.4 Å². The predicted octanol–water partition coefficient (Wildman–Crippen LogP) is 2.12. The molecule has 124 valence electrons. The van der Waals surface area contributed by atoms with Crippen LogP contribution in [0, 0.1) is 17.3 Å². The van der Waals surface area contributed by atoms with Crippen LogP contribution in [0.25, 0.3) is 11.1 Å². The van der Waals surface area contributed by atoms with Gasteiger partial charge in [0.2, 0.25) is 5.91 Å². The fourth-order valence-electron chi connectivity index (χ4n) is 3.09. The molecular weight excluding hydrogens is 306 g/mol. The van der Waals surface area contributed by atoms with Crippen molar-refractivity contribution in [1.29, 1.82) is 0 Å². The van der Waals surface area contributed by atoms with Crippen molar-refractivity contribution in [3.05, 3.63) is 48.5 Å². The summed E-state index contributed by atoms with van der Waals surface area (Å²) >= 11 is 0. The summed E-state index contributed by atoms with van der Waals surface area (Å²) < 4.78 is 0. The maximum Gasteiger partial charge on any atom is 0.307 e. The van der Waals surface area contributed by atoms with E-state index in [1.54, 1.807) is 26.2 Å². The first-order valence-corrected chi connectivity index (χ1v) is 7.78. The highest BCUT2D eigenvalue weighted by Gasteiger charge is 2.65. The lowest BCUT2D eigenvalue weighted by Gasteiger charge is -2.06. The van der Waals surface area contributed by atoms with Gasteiger partial charge in [0.05, 0.1) is 18.4 Å². The van der Waals surface area contributed by atoms with E-state index in [9.17, 15) is 9.59 Å². The van der Waals surface area contributed by atoms with Crippen molar-refractivity contribution in [2.75, 3.05) is 0 Å². The minimum absolute atomic E-state index is 0.187. The number of nitrogens with one attached hydrogen (secondary N) is 1. The van der Waals surface area contributed by atoms with Gasteiger partial charge in [0.15, 0.2) is 0 Å². The number of carboxylic acids is 1. The van der Waals surface area contributed by atoms with Crippen molar-refractivity contribution in [3.8, 4) is 11.1 Å². The molecule has 2 atom stereocenters. The molecule has 1 aliphatic rings. The Morgan fingerprint density at radius 3 is 2.25 bits per heavy atom. The van der Waals surface area contributed by atoms with E-state index in [0.29, 0.717) is 5.82 Å². The van der Waals surface area contributed by atoms with Crippen LogP contribution in [-0.2, 0) is 16.1 Å². The van der Waals surface area contributed by atoms with Crippen molar-refractivity contribution in [2.45, 2.75) is 20.4 Å². The van der Waals surface area contributed by atoms with E-state index in [2.05, 4.69) is 15.3 Å². The van der Waals surface area contributed by atoms with Gasteiger partial charge in [0.25, 0.3) is 0 Å². The minimum atomic E-state index is -0.927. The van der Waals surface area contributed by atoms with Crippen LogP contribution in [0.1, 0.15) is 19.7 Å². The van der Waals surface area contributed by atoms with Crippen molar-refractivity contribution in [3.63, 3.8) is 0 Å². The van der Waals surface area contributed by atoms with Crippen molar-refractivity contribution >= 4 is 11.9 Å². The fraction of sp³-hybridized carbons (Fsp3) is 0.333. The number of aromatic nitrogens is 2. The van der Waals surface area contributed by atoms with Crippen molar-refractivity contribution < 1.29 is 14.7 Å². The summed E-state index contributed by atoms with van der Waals surface area (Å²) in [6, 6.07) is 9.78. The molecule has 2 N–H and O–H groups in total. The lowest BCUT2D eigenvalue weighted by Crippen LogP contribution is -2.27. The summed E-state index contributed by atoms with van der Waals surface area (Å²) in [4.78, 5) is 31.8. The SMILES string of the molecule is CC1(C)[C@H](C(=O)O)[C@@H]1C(=O)NCc1ncc(-c2ccccc2)cn1. The van der Waals surface area contributed by atoms with Gasteiger partial charge in [-0.2, -0.15) is 0 Å². The standard InChI is InChI=1S/C18H19N3O3/c1-18(2)14(15(18)17(23)24)16(22)21-10-13-19-8-12(9-20-13)11-6-4-3-5-7-11/h3-9,14-15H,10H2,1-2H3,(H,21,22)(H,23,24)/t14-,15+/m1/s1. The molecule has 6 heteroatoms. The zero-order valence-corrected chi connectivity index (χ0v) is 13.6. The number of carboxylic acid groups (broad SMARTS) is 1. The van der Waals surface area contributed by atoms with Crippen LogP contribution in [0.4, 0.5) is 0 Å². The molecule has 1 aromatic carbocycles.